The van der Waals surface area contributed by atoms with E-state index in [0.29, 0.717) is 5.75 Å². The monoisotopic (exact) mass is 389 g/mol. The van der Waals surface area contributed by atoms with Crippen LogP contribution in [0.1, 0.15) is 5.56 Å². The summed E-state index contributed by atoms with van der Waals surface area (Å²) in [6, 6.07) is 5.67. The second kappa shape index (κ2) is 8.15. The van der Waals surface area contributed by atoms with Gasteiger partial charge in [0.1, 0.15) is 12.3 Å². The van der Waals surface area contributed by atoms with Crippen molar-refractivity contribution in [2.24, 2.45) is 0 Å². The van der Waals surface area contributed by atoms with Crippen molar-refractivity contribution in [3.05, 3.63) is 26.6 Å². The summed E-state index contributed by atoms with van der Waals surface area (Å²) in [5.74, 6) is 0.228. The lowest BCUT2D eigenvalue weighted by Crippen LogP contribution is -2.29. The molecule has 1 amide bonds. The molecular formula is C12H13Br2N3O2. The molecule has 0 heterocycles. The zero-order chi connectivity index (χ0) is 14.3. The number of carbonyl (C=O) groups is 1. The standard InChI is InChI=1S/C12H13Br2N3O2/c1-16-6-8-4-9(13)12(10(14)5-8)19-7-11(18)17-3-2-15/h4-5,16H,3,6-7H2,1H3,(H,17,18). The first-order valence-corrected chi connectivity index (χ1v) is 7.06. The molecule has 0 aliphatic heterocycles. The second-order valence-electron chi connectivity index (χ2n) is 3.64. The number of hydrogen-bond donors (Lipinski definition) is 2. The molecule has 1 aromatic rings. The van der Waals surface area contributed by atoms with Crippen LogP contribution in [-0.2, 0) is 11.3 Å². The average Bonchev–Trinajstić information content (AvgIpc) is 2.35. The number of hydrogen-bond acceptors (Lipinski definition) is 4. The summed E-state index contributed by atoms with van der Waals surface area (Å²) in [5, 5.41) is 13.8. The molecule has 1 aromatic carbocycles. The number of nitrogens with one attached hydrogen (secondary N) is 2. The average molecular weight is 391 g/mol. The molecule has 0 radical (unpaired) electrons. The SMILES string of the molecule is CNCc1cc(Br)c(OCC(=O)NCC#N)c(Br)c1. The van der Waals surface area contributed by atoms with E-state index in [4.69, 9.17) is 10.00 Å². The van der Waals surface area contributed by atoms with Crippen molar-refractivity contribution < 1.29 is 9.53 Å². The lowest BCUT2D eigenvalue weighted by molar-refractivity contribution is -0.122. The molecule has 0 aliphatic carbocycles. The first kappa shape index (κ1) is 16.0. The smallest absolute Gasteiger partial charge is 0.258 e. The van der Waals surface area contributed by atoms with Crippen LogP contribution in [0.15, 0.2) is 21.1 Å². The van der Waals surface area contributed by atoms with Crippen LogP contribution < -0.4 is 15.4 Å². The van der Waals surface area contributed by atoms with Gasteiger partial charge in [0.25, 0.3) is 5.91 Å². The molecule has 0 bridgehead atoms. The van der Waals surface area contributed by atoms with Gasteiger partial charge in [-0.05, 0) is 56.6 Å². The molecular weight excluding hydrogens is 378 g/mol. The van der Waals surface area contributed by atoms with Gasteiger partial charge in [-0.15, -0.1) is 0 Å². The minimum absolute atomic E-state index is 0.0222. The van der Waals surface area contributed by atoms with Crippen LogP contribution in [-0.4, -0.2) is 26.1 Å². The van der Waals surface area contributed by atoms with Gasteiger partial charge in [-0.2, -0.15) is 5.26 Å². The lowest BCUT2D eigenvalue weighted by Gasteiger charge is -2.11. The molecule has 0 aromatic heterocycles. The summed E-state index contributed by atoms with van der Waals surface area (Å²) in [7, 11) is 1.87. The topological polar surface area (TPSA) is 74.2 Å². The van der Waals surface area contributed by atoms with E-state index in [2.05, 4.69) is 42.5 Å². The minimum atomic E-state index is -0.334. The number of amides is 1. The Morgan fingerprint density at radius 3 is 2.58 bits per heavy atom. The van der Waals surface area contributed by atoms with E-state index < -0.39 is 0 Å². The van der Waals surface area contributed by atoms with E-state index in [-0.39, 0.29) is 19.1 Å². The first-order valence-electron chi connectivity index (χ1n) is 5.47. The van der Waals surface area contributed by atoms with Crippen LogP contribution in [0.25, 0.3) is 0 Å². The third-order valence-corrected chi connectivity index (χ3v) is 3.33. The van der Waals surface area contributed by atoms with Gasteiger partial charge in [-0.1, -0.05) is 0 Å². The van der Waals surface area contributed by atoms with E-state index in [9.17, 15) is 4.79 Å². The lowest BCUT2D eigenvalue weighted by atomic mass is 10.2. The number of halogens is 2. The maximum absolute atomic E-state index is 11.3. The van der Waals surface area contributed by atoms with Gasteiger partial charge < -0.3 is 15.4 Å². The Balaban J connectivity index is 2.69. The molecule has 1 rings (SSSR count). The fraction of sp³-hybridized carbons (Fsp3) is 0.333. The Labute approximate surface area is 128 Å². The van der Waals surface area contributed by atoms with Gasteiger partial charge in [0.15, 0.2) is 6.61 Å². The molecule has 0 fully saturated rings. The predicted octanol–water partition coefficient (Wildman–Crippen LogP) is 1.95. The Bertz CT molecular complexity index is 477. The number of carbonyl (C=O) groups excluding carboxylic acids is 1. The van der Waals surface area contributed by atoms with Gasteiger partial charge in [0, 0.05) is 6.54 Å². The van der Waals surface area contributed by atoms with Crippen LogP contribution in [0.3, 0.4) is 0 Å². The number of ether oxygens (including phenoxy) is 1. The highest BCUT2D eigenvalue weighted by molar-refractivity contribution is 9.11. The van der Waals surface area contributed by atoms with Crippen LogP contribution in [0.5, 0.6) is 5.75 Å². The highest BCUT2D eigenvalue weighted by atomic mass is 79.9. The largest absolute Gasteiger partial charge is 0.481 e. The minimum Gasteiger partial charge on any atom is -0.481 e. The summed E-state index contributed by atoms with van der Waals surface area (Å²) in [4.78, 5) is 11.3. The summed E-state index contributed by atoms with van der Waals surface area (Å²) >= 11 is 6.81. The summed E-state index contributed by atoms with van der Waals surface area (Å²) < 4.78 is 6.95. The summed E-state index contributed by atoms with van der Waals surface area (Å²) in [6.45, 7) is 0.579. The number of benzene rings is 1. The summed E-state index contributed by atoms with van der Waals surface area (Å²) in [6.07, 6.45) is 0. The fourth-order valence-corrected chi connectivity index (χ4v) is 2.89. The van der Waals surface area contributed by atoms with Crippen molar-refractivity contribution in [1.82, 2.24) is 10.6 Å². The van der Waals surface area contributed by atoms with Gasteiger partial charge in [0.2, 0.25) is 0 Å². The van der Waals surface area contributed by atoms with E-state index in [1.807, 2.05) is 25.2 Å². The van der Waals surface area contributed by atoms with E-state index in [0.717, 1.165) is 21.1 Å². The number of rotatable bonds is 6. The molecule has 5 nitrogen and oxygen atoms in total. The molecule has 0 spiro atoms. The highest BCUT2D eigenvalue weighted by Gasteiger charge is 2.10. The molecule has 0 unspecified atom stereocenters. The molecule has 0 atom stereocenters. The Morgan fingerprint density at radius 1 is 1.42 bits per heavy atom. The summed E-state index contributed by atoms with van der Waals surface area (Å²) in [5.41, 5.74) is 1.09. The molecule has 102 valence electrons. The van der Waals surface area contributed by atoms with Crippen LogP contribution in [0.2, 0.25) is 0 Å². The molecule has 19 heavy (non-hydrogen) atoms. The molecule has 7 heteroatoms. The third-order valence-electron chi connectivity index (χ3n) is 2.15. The maximum Gasteiger partial charge on any atom is 0.258 e. The normalized spacial score (nSPS) is 9.79. The van der Waals surface area contributed by atoms with Crippen molar-refractivity contribution in [3.63, 3.8) is 0 Å². The van der Waals surface area contributed by atoms with Crippen molar-refractivity contribution in [2.75, 3.05) is 20.2 Å². The highest BCUT2D eigenvalue weighted by Crippen LogP contribution is 2.34. The zero-order valence-corrected chi connectivity index (χ0v) is 13.5. The van der Waals surface area contributed by atoms with Gasteiger partial charge in [0.05, 0.1) is 15.0 Å². The molecule has 2 N–H and O–H groups in total. The van der Waals surface area contributed by atoms with Crippen molar-refractivity contribution >= 4 is 37.8 Å². The van der Waals surface area contributed by atoms with E-state index in [1.165, 1.54) is 0 Å². The molecule has 0 aliphatic rings. The quantitative estimate of drug-likeness (QED) is 0.728. The number of nitriles is 1. The predicted molar refractivity (Wildman–Crippen MR) is 78.7 cm³/mol. The zero-order valence-electron chi connectivity index (χ0n) is 10.3. The number of nitrogens with zero attached hydrogens (tertiary/aromatic N) is 1. The maximum atomic E-state index is 11.3. The van der Waals surface area contributed by atoms with Crippen molar-refractivity contribution in [3.8, 4) is 11.8 Å². The Hall–Kier alpha value is -1.10. The van der Waals surface area contributed by atoms with Crippen LogP contribution >= 0.6 is 31.9 Å². The van der Waals surface area contributed by atoms with Gasteiger partial charge in [-0.3, -0.25) is 4.79 Å². The van der Waals surface area contributed by atoms with Gasteiger partial charge in [-0.25, -0.2) is 0 Å². The van der Waals surface area contributed by atoms with Gasteiger partial charge >= 0.3 is 0 Å². The first-order chi connectivity index (χ1) is 9.08. The van der Waals surface area contributed by atoms with Crippen molar-refractivity contribution in [1.29, 1.82) is 5.26 Å². The van der Waals surface area contributed by atoms with Crippen LogP contribution in [0.4, 0.5) is 0 Å². The van der Waals surface area contributed by atoms with Crippen molar-refractivity contribution in [2.45, 2.75) is 6.54 Å². The second-order valence-corrected chi connectivity index (χ2v) is 5.35. The Kier molecular flexibility index (Phi) is 6.84. The third kappa shape index (κ3) is 5.19. The molecule has 0 saturated carbocycles. The van der Waals surface area contributed by atoms with E-state index >= 15 is 0 Å². The van der Waals surface area contributed by atoms with E-state index in [1.54, 1.807) is 0 Å². The fourth-order valence-electron chi connectivity index (χ4n) is 1.38. The molecule has 0 saturated heterocycles. The Morgan fingerprint density at radius 2 is 2.05 bits per heavy atom. The van der Waals surface area contributed by atoms with Crippen LogP contribution in [0, 0.1) is 11.3 Å².